The maximum absolute atomic E-state index is 11.5. The summed E-state index contributed by atoms with van der Waals surface area (Å²) in [5.74, 6) is 0.300. The molecule has 23 heavy (non-hydrogen) atoms. The lowest BCUT2D eigenvalue weighted by molar-refractivity contribution is -0.132. The van der Waals surface area contributed by atoms with Crippen LogP contribution < -0.4 is 5.73 Å². The lowest BCUT2D eigenvalue weighted by atomic mass is 9.89. The summed E-state index contributed by atoms with van der Waals surface area (Å²) in [6.07, 6.45) is 3.13. The van der Waals surface area contributed by atoms with Crippen LogP contribution in [-0.2, 0) is 16.1 Å². The van der Waals surface area contributed by atoms with E-state index < -0.39 is 0 Å². The van der Waals surface area contributed by atoms with Gasteiger partial charge >= 0.3 is 6.03 Å². The molecule has 1 saturated heterocycles. The Morgan fingerprint density at radius 3 is 3.22 bits per heavy atom. The Balaban J connectivity index is 1.57. The molecule has 0 aromatic carbocycles. The number of nitrogens with two attached hydrogens (primary N) is 1. The van der Waals surface area contributed by atoms with Gasteiger partial charge in [0.2, 0.25) is 0 Å². The van der Waals surface area contributed by atoms with Crippen LogP contribution in [0.2, 0.25) is 0 Å². The average Bonchev–Trinajstić information content (AvgIpc) is 2.89. The molecule has 2 N–H and O–H groups in total. The van der Waals surface area contributed by atoms with E-state index in [4.69, 9.17) is 15.2 Å². The number of ether oxygens (including phenoxy) is 2. The molecule has 6 nitrogen and oxygen atoms in total. The predicted molar refractivity (Wildman–Crippen MR) is 85.8 cm³/mol. The smallest absolute Gasteiger partial charge is 0.314 e. The van der Waals surface area contributed by atoms with Gasteiger partial charge in [0.1, 0.15) is 0 Å². The molecule has 1 spiro atoms. The van der Waals surface area contributed by atoms with Gasteiger partial charge in [-0.15, -0.1) is 0 Å². The number of hydrogen-bond acceptors (Lipinski definition) is 4. The molecular formula is C17H25N3O3. The third-order valence-corrected chi connectivity index (χ3v) is 4.93. The van der Waals surface area contributed by atoms with Gasteiger partial charge in [-0.05, 0) is 31.9 Å². The van der Waals surface area contributed by atoms with E-state index >= 15 is 0 Å². The molecule has 1 aromatic heterocycles. The number of nitrogens with zero attached hydrogens (tertiary/aromatic N) is 2. The molecule has 1 aromatic rings. The lowest BCUT2D eigenvalue weighted by Crippen LogP contribution is -2.57. The van der Waals surface area contributed by atoms with Crippen LogP contribution in [0.5, 0.6) is 0 Å². The summed E-state index contributed by atoms with van der Waals surface area (Å²) in [6.45, 7) is 4.83. The standard InChI is InChI=1S/C17H25N3O3/c1-13-4-2-6-15(19-13)11-22-10-14-5-3-7-17(14)12-20(16(18)21)8-9-23-17/h2,4,6,14H,3,5,7-12H2,1H3,(H2,18,21)/t14-,17+/m1/s1. The molecule has 0 bridgehead atoms. The van der Waals surface area contributed by atoms with Crippen molar-refractivity contribution >= 4 is 6.03 Å². The number of amides is 2. The van der Waals surface area contributed by atoms with Crippen LogP contribution in [0.1, 0.15) is 30.7 Å². The van der Waals surface area contributed by atoms with E-state index in [1.54, 1.807) is 4.90 Å². The van der Waals surface area contributed by atoms with Gasteiger partial charge in [-0.1, -0.05) is 12.5 Å². The molecule has 3 rings (SSSR count). The number of urea groups is 1. The Labute approximate surface area is 137 Å². The second-order valence-corrected chi connectivity index (χ2v) is 6.55. The number of carbonyl (C=O) groups is 1. The molecule has 2 aliphatic rings. The number of carbonyl (C=O) groups excluding carboxylic acids is 1. The fourth-order valence-corrected chi connectivity index (χ4v) is 3.73. The molecule has 0 radical (unpaired) electrons. The van der Waals surface area contributed by atoms with Gasteiger partial charge in [-0.25, -0.2) is 4.79 Å². The van der Waals surface area contributed by atoms with Crippen LogP contribution in [0.25, 0.3) is 0 Å². The van der Waals surface area contributed by atoms with Crippen molar-refractivity contribution in [3.63, 3.8) is 0 Å². The largest absolute Gasteiger partial charge is 0.375 e. The molecule has 2 atom stereocenters. The highest BCUT2D eigenvalue weighted by molar-refractivity contribution is 5.72. The third kappa shape index (κ3) is 3.64. The third-order valence-electron chi connectivity index (χ3n) is 4.93. The quantitative estimate of drug-likeness (QED) is 0.919. The van der Waals surface area contributed by atoms with Crippen molar-refractivity contribution in [1.29, 1.82) is 0 Å². The zero-order valence-electron chi connectivity index (χ0n) is 13.7. The summed E-state index contributed by atoms with van der Waals surface area (Å²) >= 11 is 0. The van der Waals surface area contributed by atoms with Gasteiger partial charge in [0.05, 0.1) is 37.7 Å². The van der Waals surface area contributed by atoms with E-state index in [-0.39, 0.29) is 11.6 Å². The van der Waals surface area contributed by atoms with Crippen molar-refractivity contribution in [3.8, 4) is 0 Å². The highest BCUT2D eigenvalue weighted by Crippen LogP contribution is 2.41. The summed E-state index contributed by atoms with van der Waals surface area (Å²) in [5, 5.41) is 0. The minimum absolute atomic E-state index is 0.284. The molecule has 0 unspecified atom stereocenters. The molecule has 2 heterocycles. The highest BCUT2D eigenvalue weighted by Gasteiger charge is 2.47. The Kier molecular flexibility index (Phi) is 4.82. The Morgan fingerprint density at radius 2 is 2.43 bits per heavy atom. The highest BCUT2D eigenvalue weighted by atomic mass is 16.5. The Morgan fingerprint density at radius 1 is 1.57 bits per heavy atom. The summed E-state index contributed by atoms with van der Waals surface area (Å²) in [5.41, 5.74) is 7.10. The van der Waals surface area contributed by atoms with Gasteiger partial charge in [-0.3, -0.25) is 4.98 Å². The number of aryl methyl sites for hydroxylation is 1. The molecule has 2 amide bonds. The fraction of sp³-hybridized carbons (Fsp3) is 0.647. The molecule has 2 fully saturated rings. The normalized spacial score (nSPS) is 27.5. The van der Waals surface area contributed by atoms with Crippen LogP contribution in [-0.4, -0.2) is 47.8 Å². The van der Waals surface area contributed by atoms with Crippen LogP contribution in [0.4, 0.5) is 4.79 Å². The van der Waals surface area contributed by atoms with Gasteiger partial charge in [0.25, 0.3) is 0 Å². The topological polar surface area (TPSA) is 77.7 Å². The van der Waals surface area contributed by atoms with Crippen molar-refractivity contribution in [3.05, 3.63) is 29.6 Å². The second kappa shape index (κ2) is 6.84. The summed E-state index contributed by atoms with van der Waals surface area (Å²) in [7, 11) is 0. The fourth-order valence-electron chi connectivity index (χ4n) is 3.73. The van der Waals surface area contributed by atoms with Crippen LogP contribution in [0, 0.1) is 12.8 Å². The number of rotatable bonds is 4. The van der Waals surface area contributed by atoms with Gasteiger partial charge in [0, 0.05) is 18.2 Å². The summed E-state index contributed by atoms with van der Waals surface area (Å²) in [6, 6.07) is 5.59. The molecule has 1 saturated carbocycles. The van der Waals surface area contributed by atoms with Crippen molar-refractivity contribution < 1.29 is 14.3 Å². The maximum Gasteiger partial charge on any atom is 0.314 e. The number of aromatic nitrogens is 1. The van der Waals surface area contributed by atoms with Crippen molar-refractivity contribution in [2.75, 3.05) is 26.3 Å². The van der Waals surface area contributed by atoms with E-state index in [1.165, 1.54) is 0 Å². The molecule has 1 aliphatic carbocycles. The number of hydrogen-bond donors (Lipinski definition) is 1. The average molecular weight is 319 g/mol. The SMILES string of the molecule is Cc1cccc(COC[C@H]2CCC[C@]23CN(C(N)=O)CCO3)n1. The van der Waals surface area contributed by atoms with Crippen LogP contribution in [0.3, 0.4) is 0 Å². The van der Waals surface area contributed by atoms with Crippen molar-refractivity contribution in [2.24, 2.45) is 11.7 Å². The lowest BCUT2D eigenvalue weighted by Gasteiger charge is -2.43. The number of morpholine rings is 1. The Bertz CT molecular complexity index is 566. The summed E-state index contributed by atoms with van der Waals surface area (Å²) < 4.78 is 12.0. The van der Waals surface area contributed by atoms with Crippen LogP contribution >= 0.6 is 0 Å². The summed E-state index contributed by atoms with van der Waals surface area (Å²) in [4.78, 5) is 17.6. The zero-order chi connectivity index (χ0) is 16.3. The van der Waals surface area contributed by atoms with E-state index in [0.29, 0.717) is 38.8 Å². The first-order valence-electron chi connectivity index (χ1n) is 8.28. The first-order chi connectivity index (χ1) is 11.1. The zero-order valence-corrected chi connectivity index (χ0v) is 13.7. The minimum Gasteiger partial charge on any atom is -0.375 e. The monoisotopic (exact) mass is 319 g/mol. The molecule has 1 aliphatic heterocycles. The van der Waals surface area contributed by atoms with E-state index in [1.807, 2.05) is 25.1 Å². The van der Waals surface area contributed by atoms with E-state index in [2.05, 4.69) is 4.98 Å². The van der Waals surface area contributed by atoms with E-state index in [0.717, 1.165) is 30.7 Å². The second-order valence-electron chi connectivity index (χ2n) is 6.55. The Hall–Kier alpha value is -1.66. The minimum atomic E-state index is -0.358. The predicted octanol–water partition coefficient (Wildman–Crippen LogP) is 1.86. The number of pyridine rings is 1. The molecular weight excluding hydrogens is 294 g/mol. The maximum atomic E-state index is 11.5. The van der Waals surface area contributed by atoms with Crippen molar-refractivity contribution in [1.82, 2.24) is 9.88 Å². The first kappa shape index (κ1) is 16.2. The van der Waals surface area contributed by atoms with Gasteiger partial charge in [-0.2, -0.15) is 0 Å². The van der Waals surface area contributed by atoms with E-state index in [9.17, 15) is 4.79 Å². The van der Waals surface area contributed by atoms with Gasteiger partial charge in [0.15, 0.2) is 0 Å². The molecule has 126 valence electrons. The van der Waals surface area contributed by atoms with Gasteiger partial charge < -0.3 is 20.1 Å². The first-order valence-corrected chi connectivity index (χ1v) is 8.28. The molecule has 6 heteroatoms. The van der Waals surface area contributed by atoms with Crippen LogP contribution in [0.15, 0.2) is 18.2 Å². The number of primary amides is 1. The van der Waals surface area contributed by atoms with Crippen molar-refractivity contribution in [2.45, 2.75) is 38.4 Å².